The number of nitrogens with one attached hydrogen (secondary N) is 1. The lowest BCUT2D eigenvalue weighted by Gasteiger charge is -2.14. The van der Waals surface area contributed by atoms with E-state index in [2.05, 4.69) is 15.4 Å². The second kappa shape index (κ2) is 5.96. The molecule has 0 aliphatic carbocycles. The lowest BCUT2D eigenvalue weighted by molar-refractivity contribution is -0.141. The summed E-state index contributed by atoms with van der Waals surface area (Å²) in [6.07, 6.45) is -1.70. The van der Waals surface area contributed by atoms with Crippen LogP contribution in [0.4, 0.5) is 18.9 Å². The minimum atomic E-state index is -4.67. The molecule has 118 valence electrons. The van der Waals surface area contributed by atoms with Gasteiger partial charge in [-0.25, -0.2) is 0 Å². The Morgan fingerprint density at radius 2 is 1.95 bits per heavy atom. The van der Waals surface area contributed by atoms with E-state index in [4.69, 9.17) is 11.6 Å². The van der Waals surface area contributed by atoms with E-state index in [1.165, 1.54) is 26.2 Å². The van der Waals surface area contributed by atoms with Gasteiger partial charge in [0.2, 0.25) is 5.91 Å². The molecule has 2 rings (SSSR count). The summed E-state index contributed by atoms with van der Waals surface area (Å²) in [5, 5.41) is 5.50. The molecule has 1 N–H and O–H groups in total. The van der Waals surface area contributed by atoms with Crippen LogP contribution in [-0.2, 0) is 11.0 Å². The summed E-state index contributed by atoms with van der Waals surface area (Å²) in [6, 6.07) is 2.17. The number of hydrogen-bond donors (Lipinski definition) is 1. The summed E-state index contributed by atoms with van der Waals surface area (Å²) in [6.45, 7) is 2.81. The van der Waals surface area contributed by atoms with Crippen LogP contribution in [0.25, 0.3) is 0 Å². The van der Waals surface area contributed by atoms with Crippen LogP contribution in [0.3, 0.4) is 0 Å². The van der Waals surface area contributed by atoms with Gasteiger partial charge in [-0.15, -0.1) is 0 Å². The Labute approximate surface area is 129 Å². The van der Waals surface area contributed by atoms with Crippen LogP contribution >= 0.6 is 11.6 Å². The zero-order chi connectivity index (χ0) is 16.5. The standard InChI is InChI=1S/C13H12ClF3N4O/c1-7-10(14)11(13(15,16)17)20-21(7)8(2)12(22)19-9-3-5-18-6-4-9/h3-6,8H,1-2H3,(H,18,19,22). The molecule has 1 amide bonds. The van der Waals surface area contributed by atoms with Crippen molar-refractivity contribution < 1.29 is 18.0 Å². The van der Waals surface area contributed by atoms with E-state index in [1.54, 1.807) is 12.1 Å². The molecule has 0 radical (unpaired) electrons. The van der Waals surface area contributed by atoms with Crippen LogP contribution in [0.2, 0.25) is 5.02 Å². The van der Waals surface area contributed by atoms with Crippen molar-refractivity contribution in [2.45, 2.75) is 26.1 Å². The fourth-order valence-corrected chi connectivity index (χ4v) is 2.08. The summed E-state index contributed by atoms with van der Waals surface area (Å²) < 4.78 is 39.3. The van der Waals surface area contributed by atoms with Crippen LogP contribution in [-0.4, -0.2) is 20.7 Å². The number of carbonyl (C=O) groups is 1. The van der Waals surface area contributed by atoms with E-state index in [1.807, 2.05) is 0 Å². The average molecular weight is 333 g/mol. The van der Waals surface area contributed by atoms with E-state index in [0.29, 0.717) is 5.69 Å². The topological polar surface area (TPSA) is 59.8 Å². The van der Waals surface area contributed by atoms with Crippen molar-refractivity contribution in [2.75, 3.05) is 5.32 Å². The fourth-order valence-electron chi connectivity index (χ4n) is 1.85. The molecule has 9 heteroatoms. The third-order valence-electron chi connectivity index (χ3n) is 3.04. The molecule has 2 aromatic rings. The van der Waals surface area contributed by atoms with Gasteiger partial charge in [-0.05, 0) is 26.0 Å². The lowest BCUT2D eigenvalue weighted by atomic mass is 10.3. The summed E-state index contributed by atoms with van der Waals surface area (Å²) in [5.41, 5.74) is -0.639. The predicted molar refractivity (Wildman–Crippen MR) is 74.6 cm³/mol. The highest BCUT2D eigenvalue weighted by molar-refractivity contribution is 6.32. The van der Waals surface area contributed by atoms with Crippen LogP contribution in [0.15, 0.2) is 24.5 Å². The first-order valence-corrected chi connectivity index (χ1v) is 6.62. The number of amides is 1. The maximum absolute atomic E-state index is 12.8. The third kappa shape index (κ3) is 3.22. The first kappa shape index (κ1) is 16.3. The number of anilines is 1. The smallest absolute Gasteiger partial charge is 0.324 e. The lowest BCUT2D eigenvalue weighted by Crippen LogP contribution is -2.25. The SMILES string of the molecule is Cc1c(Cl)c(C(F)(F)F)nn1C(C)C(=O)Nc1ccncc1. The van der Waals surface area contributed by atoms with E-state index in [0.717, 1.165) is 4.68 Å². The number of aromatic nitrogens is 3. The number of rotatable bonds is 3. The Morgan fingerprint density at radius 1 is 1.36 bits per heavy atom. The van der Waals surface area contributed by atoms with Crippen LogP contribution in [0.1, 0.15) is 24.4 Å². The molecule has 5 nitrogen and oxygen atoms in total. The molecule has 2 aromatic heterocycles. The molecule has 0 aliphatic heterocycles. The highest BCUT2D eigenvalue weighted by Crippen LogP contribution is 2.36. The minimum absolute atomic E-state index is 0.0753. The van der Waals surface area contributed by atoms with Crippen LogP contribution in [0, 0.1) is 6.92 Å². The zero-order valence-electron chi connectivity index (χ0n) is 11.6. The van der Waals surface area contributed by atoms with E-state index < -0.39 is 28.8 Å². The summed E-state index contributed by atoms with van der Waals surface area (Å²) in [7, 11) is 0. The number of carbonyl (C=O) groups excluding carboxylic acids is 1. The quantitative estimate of drug-likeness (QED) is 0.936. The molecule has 0 bridgehead atoms. The van der Waals surface area contributed by atoms with Crippen molar-refractivity contribution >= 4 is 23.2 Å². The first-order chi connectivity index (χ1) is 10.2. The highest BCUT2D eigenvalue weighted by atomic mass is 35.5. The largest absolute Gasteiger partial charge is 0.436 e. The first-order valence-electron chi connectivity index (χ1n) is 6.24. The normalized spacial score (nSPS) is 13.0. The summed E-state index contributed by atoms with van der Waals surface area (Å²) in [5.74, 6) is -0.512. The van der Waals surface area contributed by atoms with Crippen molar-refractivity contribution in [1.82, 2.24) is 14.8 Å². The second-order valence-electron chi connectivity index (χ2n) is 4.59. The Balaban J connectivity index is 2.26. The molecule has 0 saturated carbocycles. The number of halogens is 4. The fraction of sp³-hybridized carbons (Fsp3) is 0.308. The van der Waals surface area contributed by atoms with Gasteiger partial charge in [0.25, 0.3) is 0 Å². The maximum Gasteiger partial charge on any atom is 0.436 e. The average Bonchev–Trinajstić information content (AvgIpc) is 2.75. The third-order valence-corrected chi connectivity index (χ3v) is 3.49. The van der Waals surface area contributed by atoms with Gasteiger partial charge in [0.15, 0.2) is 5.69 Å². The molecular weight excluding hydrogens is 321 g/mol. The van der Waals surface area contributed by atoms with Gasteiger partial charge < -0.3 is 5.32 Å². The Bertz CT molecular complexity index is 685. The Hall–Kier alpha value is -2.09. The molecule has 0 aromatic carbocycles. The van der Waals surface area contributed by atoms with Gasteiger partial charge in [0.1, 0.15) is 6.04 Å². The highest BCUT2D eigenvalue weighted by Gasteiger charge is 2.39. The van der Waals surface area contributed by atoms with Crippen molar-refractivity contribution in [2.24, 2.45) is 0 Å². The van der Waals surface area contributed by atoms with Gasteiger partial charge in [-0.2, -0.15) is 18.3 Å². The molecule has 1 atom stereocenters. The van der Waals surface area contributed by atoms with Gasteiger partial charge in [-0.1, -0.05) is 11.6 Å². The van der Waals surface area contributed by atoms with Crippen molar-refractivity contribution in [1.29, 1.82) is 0 Å². The van der Waals surface area contributed by atoms with E-state index in [9.17, 15) is 18.0 Å². The molecule has 0 spiro atoms. The minimum Gasteiger partial charge on any atom is -0.324 e. The maximum atomic E-state index is 12.8. The van der Waals surface area contributed by atoms with E-state index >= 15 is 0 Å². The molecule has 0 saturated heterocycles. The predicted octanol–water partition coefficient (Wildman–Crippen LogP) is 3.46. The Kier molecular flexibility index (Phi) is 4.41. The Morgan fingerprint density at radius 3 is 2.45 bits per heavy atom. The van der Waals surface area contributed by atoms with Gasteiger partial charge >= 0.3 is 6.18 Å². The number of nitrogens with zero attached hydrogens (tertiary/aromatic N) is 3. The van der Waals surface area contributed by atoms with Crippen molar-refractivity contribution in [3.8, 4) is 0 Å². The van der Waals surface area contributed by atoms with Crippen molar-refractivity contribution in [3.63, 3.8) is 0 Å². The number of pyridine rings is 1. The van der Waals surface area contributed by atoms with Gasteiger partial charge in [0, 0.05) is 18.1 Å². The molecule has 22 heavy (non-hydrogen) atoms. The summed E-state index contributed by atoms with van der Waals surface area (Å²) in [4.78, 5) is 15.9. The van der Waals surface area contributed by atoms with E-state index in [-0.39, 0.29) is 5.69 Å². The second-order valence-corrected chi connectivity index (χ2v) is 4.97. The number of alkyl halides is 3. The zero-order valence-corrected chi connectivity index (χ0v) is 12.4. The molecule has 1 unspecified atom stereocenters. The molecule has 0 fully saturated rings. The van der Waals surface area contributed by atoms with Gasteiger partial charge in [-0.3, -0.25) is 14.5 Å². The molecule has 0 aliphatic rings. The van der Waals surface area contributed by atoms with Gasteiger partial charge in [0.05, 0.1) is 10.7 Å². The van der Waals surface area contributed by atoms with Crippen molar-refractivity contribution in [3.05, 3.63) is 40.9 Å². The monoisotopic (exact) mass is 332 g/mol. The molecular formula is C13H12ClF3N4O. The molecule has 2 heterocycles. The van der Waals surface area contributed by atoms with Crippen LogP contribution < -0.4 is 5.32 Å². The number of hydrogen-bond acceptors (Lipinski definition) is 3. The summed E-state index contributed by atoms with van der Waals surface area (Å²) >= 11 is 5.66. The van der Waals surface area contributed by atoms with Crippen LogP contribution in [0.5, 0.6) is 0 Å².